The molecule has 6 heteroatoms. The second-order valence-electron chi connectivity index (χ2n) is 3.10. The number of alkyl halides is 3. The fourth-order valence-electron chi connectivity index (χ4n) is 1.11. The van der Waals surface area contributed by atoms with E-state index in [0.717, 1.165) is 4.47 Å². The molecule has 0 radical (unpaired) electrons. The molecule has 0 aliphatic rings. The fraction of sp³-hybridized carbons (Fsp3) is 0.333. The molecule has 84 valence electrons. The third-order valence-corrected chi connectivity index (χ3v) is 3.70. The molecule has 1 rings (SSSR count). The van der Waals surface area contributed by atoms with Gasteiger partial charge in [-0.15, -0.1) is 0 Å². The first-order chi connectivity index (χ1) is 6.79. The zero-order valence-electron chi connectivity index (χ0n) is 7.48. The van der Waals surface area contributed by atoms with Gasteiger partial charge in [-0.2, -0.15) is 13.2 Å². The van der Waals surface area contributed by atoms with Crippen LogP contribution in [0.3, 0.4) is 0 Å². The highest BCUT2D eigenvalue weighted by atomic mass is 79.9. The molecular weight excluding hydrogens is 339 g/mol. The van der Waals surface area contributed by atoms with Gasteiger partial charge in [0.2, 0.25) is 0 Å². The van der Waals surface area contributed by atoms with Gasteiger partial charge in [0, 0.05) is 15.0 Å². The summed E-state index contributed by atoms with van der Waals surface area (Å²) in [5.74, 6) is 0. The molecule has 1 nitrogen and oxygen atoms in total. The van der Waals surface area contributed by atoms with Crippen LogP contribution >= 0.6 is 31.9 Å². The topological polar surface area (TPSA) is 26.0 Å². The third-order valence-electron chi connectivity index (χ3n) is 1.82. The Morgan fingerprint density at radius 3 is 2.27 bits per heavy atom. The minimum absolute atomic E-state index is 0.461. The average Bonchev–Trinajstić information content (AvgIpc) is 2.06. The normalized spacial score (nSPS) is 14.0. The summed E-state index contributed by atoms with van der Waals surface area (Å²) in [4.78, 5) is 0. The lowest BCUT2D eigenvalue weighted by Gasteiger charge is -2.14. The van der Waals surface area contributed by atoms with Crippen molar-refractivity contribution in [3.63, 3.8) is 0 Å². The summed E-state index contributed by atoms with van der Waals surface area (Å²) in [7, 11) is 0. The predicted octanol–water partition coefficient (Wildman–Crippen LogP) is 4.16. The van der Waals surface area contributed by atoms with Gasteiger partial charge in [0.1, 0.15) is 0 Å². The van der Waals surface area contributed by atoms with Crippen molar-refractivity contribution < 1.29 is 13.2 Å². The van der Waals surface area contributed by atoms with Gasteiger partial charge in [0.25, 0.3) is 0 Å². The van der Waals surface area contributed by atoms with Crippen LogP contribution in [0, 0.1) is 0 Å². The van der Waals surface area contributed by atoms with E-state index in [1.807, 2.05) is 0 Å². The number of hydrogen-bond acceptors (Lipinski definition) is 1. The van der Waals surface area contributed by atoms with Crippen LogP contribution in [0.5, 0.6) is 0 Å². The van der Waals surface area contributed by atoms with Gasteiger partial charge in [-0.05, 0) is 49.6 Å². The van der Waals surface area contributed by atoms with Crippen LogP contribution in [0.2, 0.25) is 0 Å². The molecule has 0 aliphatic carbocycles. The smallest absolute Gasteiger partial charge is 0.324 e. The van der Waals surface area contributed by atoms with Crippen molar-refractivity contribution in [3.05, 3.63) is 32.7 Å². The van der Waals surface area contributed by atoms with Gasteiger partial charge in [0.15, 0.2) is 0 Å². The highest BCUT2D eigenvalue weighted by molar-refractivity contribution is 9.13. The molecule has 0 unspecified atom stereocenters. The quantitative estimate of drug-likeness (QED) is 0.854. The van der Waals surface area contributed by atoms with Crippen LogP contribution < -0.4 is 5.73 Å². The summed E-state index contributed by atoms with van der Waals surface area (Å²) in [5.41, 5.74) is 5.90. The molecule has 1 aromatic carbocycles. The highest BCUT2D eigenvalue weighted by Gasteiger charge is 2.30. The first kappa shape index (κ1) is 13.0. The highest BCUT2D eigenvalue weighted by Crippen LogP contribution is 2.31. The first-order valence-electron chi connectivity index (χ1n) is 4.07. The van der Waals surface area contributed by atoms with Crippen molar-refractivity contribution in [2.45, 2.75) is 18.6 Å². The van der Waals surface area contributed by atoms with Crippen LogP contribution in [-0.4, -0.2) is 6.18 Å². The zero-order valence-corrected chi connectivity index (χ0v) is 10.7. The number of hydrogen-bond donors (Lipinski definition) is 1. The summed E-state index contributed by atoms with van der Waals surface area (Å²) >= 11 is 6.44. The van der Waals surface area contributed by atoms with E-state index < -0.39 is 18.6 Å². The maximum atomic E-state index is 12.1. The van der Waals surface area contributed by atoms with Crippen molar-refractivity contribution in [1.29, 1.82) is 0 Å². The lowest BCUT2D eigenvalue weighted by molar-refractivity contribution is -0.138. The first-order valence-corrected chi connectivity index (χ1v) is 5.65. The van der Waals surface area contributed by atoms with E-state index in [2.05, 4.69) is 31.9 Å². The van der Waals surface area contributed by atoms with Gasteiger partial charge in [-0.25, -0.2) is 0 Å². The molecule has 1 aromatic rings. The van der Waals surface area contributed by atoms with E-state index in [1.54, 1.807) is 18.2 Å². The van der Waals surface area contributed by atoms with E-state index >= 15 is 0 Å². The average molecular weight is 347 g/mol. The maximum absolute atomic E-state index is 12.1. The monoisotopic (exact) mass is 345 g/mol. The van der Waals surface area contributed by atoms with E-state index in [-0.39, 0.29) is 0 Å². The van der Waals surface area contributed by atoms with Gasteiger partial charge >= 0.3 is 6.18 Å². The summed E-state index contributed by atoms with van der Waals surface area (Å²) in [5, 5.41) is 0. The molecule has 0 aromatic heterocycles. The number of halogens is 5. The maximum Gasteiger partial charge on any atom is 0.390 e. The number of nitrogens with two attached hydrogens (primary N) is 1. The Morgan fingerprint density at radius 2 is 1.80 bits per heavy atom. The Morgan fingerprint density at radius 1 is 1.20 bits per heavy atom. The van der Waals surface area contributed by atoms with Crippen molar-refractivity contribution in [3.8, 4) is 0 Å². The fourth-order valence-corrected chi connectivity index (χ4v) is 1.75. The second-order valence-corrected chi connectivity index (χ2v) is 4.81. The van der Waals surface area contributed by atoms with Crippen LogP contribution in [0.4, 0.5) is 13.2 Å². The molecule has 0 fully saturated rings. The van der Waals surface area contributed by atoms with E-state index in [1.165, 1.54) is 0 Å². The molecule has 15 heavy (non-hydrogen) atoms. The minimum Gasteiger partial charge on any atom is -0.324 e. The molecule has 0 amide bonds. The Hall–Kier alpha value is -0.0700. The molecule has 0 saturated carbocycles. The summed E-state index contributed by atoms with van der Waals surface area (Å²) in [6, 6.07) is 3.80. The molecule has 0 bridgehead atoms. The van der Waals surface area contributed by atoms with Gasteiger partial charge < -0.3 is 5.73 Å². The Kier molecular flexibility index (Phi) is 4.20. The molecule has 0 aliphatic heterocycles. The Labute approximate surface area is 102 Å². The largest absolute Gasteiger partial charge is 0.390 e. The molecular formula is C9H8Br2F3N. The zero-order chi connectivity index (χ0) is 11.6. The second kappa shape index (κ2) is 4.84. The van der Waals surface area contributed by atoms with Crippen molar-refractivity contribution in [2.75, 3.05) is 0 Å². The van der Waals surface area contributed by atoms with E-state index in [0.29, 0.717) is 10.0 Å². The third kappa shape index (κ3) is 4.12. The van der Waals surface area contributed by atoms with Crippen molar-refractivity contribution in [1.82, 2.24) is 0 Å². The summed E-state index contributed by atoms with van der Waals surface area (Å²) in [6.45, 7) is 0. The molecule has 0 saturated heterocycles. The predicted molar refractivity (Wildman–Crippen MR) is 59.4 cm³/mol. The van der Waals surface area contributed by atoms with E-state index in [4.69, 9.17) is 5.73 Å². The van der Waals surface area contributed by atoms with Gasteiger partial charge in [0.05, 0.1) is 6.42 Å². The van der Waals surface area contributed by atoms with Crippen LogP contribution in [-0.2, 0) is 0 Å². The summed E-state index contributed by atoms with van der Waals surface area (Å²) < 4.78 is 37.7. The lowest BCUT2D eigenvalue weighted by Crippen LogP contribution is -2.20. The van der Waals surface area contributed by atoms with Crippen LogP contribution in [0.1, 0.15) is 18.0 Å². The number of rotatable bonds is 2. The lowest BCUT2D eigenvalue weighted by atomic mass is 10.1. The van der Waals surface area contributed by atoms with Gasteiger partial charge in [-0.1, -0.05) is 6.07 Å². The molecule has 2 N–H and O–H groups in total. The van der Waals surface area contributed by atoms with Crippen LogP contribution in [0.25, 0.3) is 0 Å². The number of benzene rings is 1. The van der Waals surface area contributed by atoms with Crippen molar-refractivity contribution in [2.24, 2.45) is 5.73 Å². The van der Waals surface area contributed by atoms with Crippen LogP contribution in [0.15, 0.2) is 27.1 Å². The molecule has 0 spiro atoms. The minimum atomic E-state index is -4.24. The standard InChI is InChI=1S/C9H8Br2F3N/c10-6-2-1-5(3-7(6)11)8(15)4-9(12,13)14/h1-3,8H,4,15H2/t8-/m1/s1. The molecule has 0 heterocycles. The summed E-state index contributed by atoms with van der Waals surface area (Å²) in [6.07, 6.45) is -5.25. The van der Waals surface area contributed by atoms with Crippen molar-refractivity contribution >= 4 is 31.9 Å². The van der Waals surface area contributed by atoms with Gasteiger partial charge in [-0.3, -0.25) is 0 Å². The molecule has 1 atom stereocenters. The van der Waals surface area contributed by atoms with E-state index in [9.17, 15) is 13.2 Å². The Bertz CT molecular complexity index is 352. The Balaban J connectivity index is 2.83. The SMILES string of the molecule is N[C@H](CC(F)(F)F)c1ccc(Br)c(Br)c1.